The SMILES string of the molecule is O=C(c1csc(Br)c1)c1ccc(Cl)cc1F. The Kier molecular flexibility index (Phi) is 3.42. The molecule has 0 radical (unpaired) electrons. The van der Waals surface area contributed by atoms with Gasteiger partial charge in [-0.3, -0.25) is 4.79 Å². The first-order valence-electron chi connectivity index (χ1n) is 4.31. The fourth-order valence-corrected chi connectivity index (χ4v) is 2.55. The van der Waals surface area contributed by atoms with Crippen LogP contribution in [0.5, 0.6) is 0 Å². The van der Waals surface area contributed by atoms with Gasteiger partial charge in [0.2, 0.25) is 0 Å². The molecule has 0 fully saturated rings. The number of halogens is 3. The van der Waals surface area contributed by atoms with Gasteiger partial charge in [0, 0.05) is 16.0 Å². The summed E-state index contributed by atoms with van der Waals surface area (Å²) in [4.78, 5) is 11.9. The second-order valence-corrected chi connectivity index (χ2v) is 5.82. The topological polar surface area (TPSA) is 17.1 Å². The zero-order valence-electron chi connectivity index (χ0n) is 7.84. The van der Waals surface area contributed by atoms with Crippen molar-refractivity contribution >= 4 is 44.7 Å². The van der Waals surface area contributed by atoms with Crippen LogP contribution < -0.4 is 0 Å². The van der Waals surface area contributed by atoms with Crippen LogP contribution in [0.25, 0.3) is 0 Å². The lowest BCUT2D eigenvalue weighted by atomic mass is 10.1. The Morgan fingerprint density at radius 1 is 1.38 bits per heavy atom. The van der Waals surface area contributed by atoms with Gasteiger partial charge >= 0.3 is 0 Å². The number of carbonyl (C=O) groups is 1. The lowest BCUT2D eigenvalue weighted by Crippen LogP contribution is -2.02. The molecule has 1 aromatic heterocycles. The van der Waals surface area contributed by atoms with Crippen LogP contribution >= 0.6 is 38.9 Å². The molecule has 2 aromatic rings. The minimum atomic E-state index is -0.597. The molecule has 0 aliphatic rings. The highest BCUT2D eigenvalue weighted by molar-refractivity contribution is 9.11. The van der Waals surface area contributed by atoms with E-state index in [1.807, 2.05) is 0 Å². The zero-order chi connectivity index (χ0) is 11.7. The summed E-state index contributed by atoms with van der Waals surface area (Å²) in [6.07, 6.45) is 0. The Labute approximate surface area is 109 Å². The average molecular weight is 320 g/mol. The summed E-state index contributed by atoms with van der Waals surface area (Å²) in [6, 6.07) is 5.70. The van der Waals surface area contributed by atoms with Gasteiger partial charge in [0.25, 0.3) is 0 Å². The summed E-state index contributed by atoms with van der Waals surface area (Å²) >= 11 is 10.3. The van der Waals surface area contributed by atoms with Crippen LogP contribution in [0.2, 0.25) is 5.02 Å². The molecule has 0 N–H and O–H groups in total. The van der Waals surface area contributed by atoms with Gasteiger partial charge in [-0.05, 0) is 40.2 Å². The number of ketones is 1. The van der Waals surface area contributed by atoms with Crippen molar-refractivity contribution in [1.82, 2.24) is 0 Å². The van der Waals surface area contributed by atoms with Crippen molar-refractivity contribution in [3.8, 4) is 0 Å². The van der Waals surface area contributed by atoms with Gasteiger partial charge in [0.1, 0.15) is 5.82 Å². The van der Waals surface area contributed by atoms with Gasteiger partial charge < -0.3 is 0 Å². The maximum Gasteiger partial charge on any atom is 0.196 e. The Balaban J connectivity index is 2.41. The summed E-state index contributed by atoms with van der Waals surface area (Å²) < 4.78 is 14.3. The minimum Gasteiger partial charge on any atom is -0.288 e. The Morgan fingerprint density at radius 3 is 2.69 bits per heavy atom. The standard InChI is InChI=1S/C11H5BrClFOS/c12-10-3-6(5-16-10)11(15)8-2-1-7(13)4-9(8)14/h1-5H. The summed E-state index contributed by atoms with van der Waals surface area (Å²) in [5.74, 6) is -0.934. The van der Waals surface area contributed by atoms with Crippen molar-refractivity contribution in [3.63, 3.8) is 0 Å². The highest BCUT2D eigenvalue weighted by atomic mass is 79.9. The molecule has 0 aliphatic heterocycles. The van der Waals surface area contributed by atoms with E-state index in [1.54, 1.807) is 11.4 Å². The normalized spacial score (nSPS) is 10.4. The molecule has 1 heterocycles. The average Bonchev–Trinajstić information content (AvgIpc) is 2.64. The molecular weight excluding hydrogens is 315 g/mol. The fraction of sp³-hybridized carbons (Fsp3) is 0. The van der Waals surface area contributed by atoms with Gasteiger partial charge in [0.15, 0.2) is 5.78 Å². The van der Waals surface area contributed by atoms with E-state index < -0.39 is 5.82 Å². The van der Waals surface area contributed by atoms with Crippen LogP contribution in [0.1, 0.15) is 15.9 Å². The van der Waals surface area contributed by atoms with Gasteiger partial charge in [0.05, 0.1) is 9.35 Å². The van der Waals surface area contributed by atoms with Crippen LogP contribution in [-0.2, 0) is 0 Å². The lowest BCUT2D eigenvalue weighted by Gasteiger charge is -2.00. The number of rotatable bonds is 2. The molecule has 1 aromatic carbocycles. The second-order valence-electron chi connectivity index (χ2n) is 3.09. The van der Waals surface area contributed by atoms with Crippen molar-refractivity contribution < 1.29 is 9.18 Å². The third-order valence-corrected chi connectivity index (χ3v) is 3.74. The maximum absolute atomic E-state index is 13.5. The summed E-state index contributed by atoms with van der Waals surface area (Å²) in [6.45, 7) is 0. The molecule has 0 atom stereocenters. The maximum atomic E-state index is 13.5. The van der Waals surface area contributed by atoms with Crippen molar-refractivity contribution in [2.24, 2.45) is 0 Å². The van der Waals surface area contributed by atoms with Crippen LogP contribution in [0.15, 0.2) is 33.4 Å². The first-order valence-corrected chi connectivity index (χ1v) is 6.37. The van der Waals surface area contributed by atoms with E-state index in [0.717, 1.165) is 9.85 Å². The molecule has 1 nitrogen and oxygen atoms in total. The molecule has 0 unspecified atom stereocenters. The molecule has 0 aliphatic carbocycles. The quantitative estimate of drug-likeness (QED) is 0.743. The van der Waals surface area contributed by atoms with E-state index in [0.29, 0.717) is 5.56 Å². The number of thiophene rings is 1. The minimum absolute atomic E-state index is 0.0368. The highest BCUT2D eigenvalue weighted by Crippen LogP contribution is 2.24. The number of benzene rings is 1. The third kappa shape index (κ3) is 2.34. The Hall–Kier alpha value is -0.710. The van der Waals surface area contributed by atoms with Crippen molar-refractivity contribution in [2.75, 3.05) is 0 Å². The predicted octanol–water partition coefficient (Wildman–Crippen LogP) is 4.53. The van der Waals surface area contributed by atoms with Gasteiger partial charge in [-0.15, -0.1) is 11.3 Å². The zero-order valence-corrected chi connectivity index (χ0v) is 11.0. The lowest BCUT2D eigenvalue weighted by molar-refractivity contribution is 0.103. The van der Waals surface area contributed by atoms with Gasteiger partial charge in [-0.25, -0.2) is 4.39 Å². The molecule has 5 heteroatoms. The summed E-state index contributed by atoms with van der Waals surface area (Å²) in [5, 5.41) is 1.96. The first kappa shape index (κ1) is 11.8. The van der Waals surface area contributed by atoms with Crippen LogP contribution in [0.4, 0.5) is 4.39 Å². The van der Waals surface area contributed by atoms with Crippen LogP contribution in [-0.4, -0.2) is 5.78 Å². The van der Waals surface area contributed by atoms with Crippen LogP contribution in [0.3, 0.4) is 0 Å². The molecule has 16 heavy (non-hydrogen) atoms. The molecular formula is C11H5BrClFOS. The number of carbonyl (C=O) groups excluding carboxylic acids is 1. The molecule has 0 amide bonds. The van der Waals surface area contributed by atoms with E-state index in [4.69, 9.17) is 11.6 Å². The molecule has 0 spiro atoms. The van der Waals surface area contributed by atoms with Crippen molar-refractivity contribution in [3.05, 3.63) is 55.4 Å². The number of hydrogen-bond acceptors (Lipinski definition) is 2. The first-order chi connectivity index (χ1) is 7.58. The smallest absolute Gasteiger partial charge is 0.196 e. The highest BCUT2D eigenvalue weighted by Gasteiger charge is 2.15. The Morgan fingerprint density at radius 2 is 2.12 bits per heavy atom. The predicted molar refractivity (Wildman–Crippen MR) is 66.9 cm³/mol. The number of hydrogen-bond donors (Lipinski definition) is 0. The largest absolute Gasteiger partial charge is 0.288 e. The second kappa shape index (κ2) is 4.65. The summed E-state index contributed by atoms with van der Waals surface area (Å²) in [5.41, 5.74) is 0.507. The molecule has 0 saturated carbocycles. The fourth-order valence-electron chi connectivity index (χ4n) is 1.26. The molecule has 82 valence electrons. The van der Waals surface area contributed by atoms with Crippen molar-refractivity contribution in [1.29, 1.82) is 0 Å². The van der Waals surface area contributed by atoms with Gasteiger partial charge in [-0.2, -0.15) is 0 Å². The Bertz CT molecular complexity index is 553. The molecule has 0 bridgehead atoms. The summed E-state index contributed by atoms with van der Waals surface area (Å²) in [7, 11) is 0. The van der Waals surface area contributed by atoms with E-state index in [2.05, 4.69) is 15.9 Å². The third-order valence-electron chi connectivity index (χ3n) is 2.01. The van der Waals surface area contributed by atoms with Crippen molar-refractivity contribution in [2.45, 2.75) is 0 Å². The van der Waals surface area contributed by atoms with Crippen LogP contribution in [0, 0.1) is 5.82 Å². The molecule has 2 rings (SSSR count). The van der Waals surface area contributed by atoms with E-state index in [1.165, 1.54) is 23.5 Å². The molecule has 0 saturated heterocycles. The van der Waals surface area contributed by atoms with Gasteiger partial charge in [-0.1, -0.05) is 11.6 Å². The van der Waals surface area contributed by atoms with E-state index in [-0.39, 0.29) is 16.4 Å². The van der Waals surface area contributed by atoms with E-state index in [9.17, 15) is 9.18 Å². The van der Waals surface area contributed by atoms with E-state index >= 15 is 0 Å². The monoisotopic (exact) mass is 318 g/mol.